The molecule has 1 atom stereocenters. The lowest BCUT2D eigenvalue weighted by atomic mass is 10.2. The van der Waals surface area contributed by atoms with Crippen LogP contribution in [0.3, 0.4) is 0 Å². The number of carbonyl (C=O) groups is 1. The lowest BCUT2D eigenvalue weighted by Gasteiger charge is -2.27. The molecule has 2 N–H and O–H groups in total. The Morgan fingerprint density at radius 1 is 0.868 bits per heavy atom. The second-order valence-corrected chi connectivity index (χ2v) is 11.1. The van der Waals surface area contributed by atoms with Gasteiger partial charge in [0.2, 0.25) is 0 Å². The van der Waals surface area contributed by atoms with E-state index in [9.17, 15) is 18.3 Å². The number of benzene rings is 4. The molecule has 0 aliphatic rings. The molecule has 0 radical (unpaired) electrons. The Labute approximate surface area is 222 Å². The number of aromatic nitrogens is 1. The first-order valence-electron chi connectivity index (χ1n) is 12.3. The van der Waals surface area contributed by atoms with Gasteiger partial charge in [0.15, 0.2) is 0 Å². The van der Waals surface area contributed by atoms with E-state index in [1.807, 2.05) is 60.0 Å². The van der Waals surface area contributed by atoms with E-state index in [4.69, 9.17) is 0 Å². The first-order valence-corrected chi connectivity index (χ1v) is 13.8. The van der Waals surface area contributed by atoms with Crippen LogP contribution in [0.2, 0.25) is 0 Å². The molecule has 0 saturated heterocycles. The van der Waals surface area contributed by atoms with Gasteiger partial charge in [-0.2, -0.15) is 0 Å². The molecule has 1 amide bonds. The molecule has 0 aliphatic heterocycles. The van der Waals surface area contributed by atoms with Crippen molar-refractivity contribution in [1.82, 2.24) is 9.88 Å². The molecule has 5 rings (SSSR count). The van der Waals surface area contributed by atoms with Gasteiger partial charge in [-0.15, -0.1) is 0 Å². The third kappa shape index (κ3) is 4.76. The highest BCUT2D eigenvalue weighted by atomic mass is 32.2. The molecule has 1 aromatic heterocycles. The van der Waals surface area contributed by atoms with Crippen LogP contribution in [0.25, 0.3) is 21.8 Å². The normalized spacial score (nSPS) is 12.5. The Bertz CT molecular complexity index is 1660. The molecule has 1 unspecified atom stereocenters. The summed E-state index contributed by atoms with van der Waals surface area (Å²) in [7, 11) is -2.47. The molecule has 0 saturated carbocycles. The van der Waals surface area contributed by atoms with Gasteiger partial charge in [-0.3, -0.25) is 9.10 Å². The second-order valence-electron chi connectivity index (χ2n) is 9.27. The monoisotopic (exact) mass is 527 g/mol. The molecule has 1 heterocycles. The standard InChI is InChI=1S/C30H29N3O4S/c1-21-11-17-25(18-12-21)38(36,37)33(23-15-13-22(14-16-23)30(35)31-2)20-24(34)19-32-28-9-5-3-7-26(28)27-8-4-6-10-29(27)32/h3-18,24,34H,19-20H2,1-2H3,(H,31,35). The fraction of sp³-hybridized carbons (Fsp3) is 0.167. The van der Waals surface area contributed by atoms with Crippen molar-refractivity contribution in [3.63, 3.8) is 0 Å². The number of rotatable bonds is 8. The zero-order chi connectivity index (χ0) is 26.9. The van der Waals surface area contributed by atoms with Crippen LogP contribution in [-0.4, -0.2) is 43.7 Å². The number of sulfonamides is 1. The number of fused-ring (bicyclic) bond motifs is 3. The highest BCUT2D eigenvalue weighted by Gasteiger charge is 2.28. The first-order chi connectivity index (χ1) is 18.3. The zero-order valence-electron chi connectivity index (χ0n) is 21.2. The molecule has 7 nitrogen and oxygen atoms in total. The van der Waals surface area contributed by atoms with Crippen LogP contribution in [-0.2, 0) is 16.6 Å². The summed E-state index contributed by atoms with van der Waals surface area (Å²) >= 11 is 0. The third-order valence-corrected chi connectivity index (χ3v) is 8.51. The summed E-state index contributed by atoms with van der Waals surface area (Å²) in [5.74, 6) is -0.268. The number of hydrogen-bond acceptors (Lipinski definition) is 4. The van der Waals surface area contributed by atoms with Crippen LogP contribution < -0.4 is 9.62 Å². The average molecular weight is 528 g/mol. The van der Waals surface area contributed by atoms with Crippen molar-refractivity contribution in [3.05, 3.63) is 108 Å². The van der Waals surface area contributed by atoms with Crippen molar-refractivity contribution >= 4 is 43.4 Å². The number of aliphatic hydroxyl groups is 1. The van der Waals surface area contributed by atoms with Gasteiger partial charge in [0.1, 0.15) is 0 Å². The molecular formula is C30H29N3O4S. The fourth-order valence-electron chi connectivity index (χ4n) is 4.76. The first kappa shape index (κ1) is 25.5. The van der Waals surface area contributed by atoms with Gasteiger partial charge in [-0.1, -0.05) is 54.1 Å². The van der Waals surface area contributed by atoms with Crippen LogP contribution in [0.15, 0.2) is 102 Å². The summed E-state index contributed by atoms with van der Waals surface area (Å²) in [6.45, 7) is 1.92. The van der Waals surface area contributed by atoms with Gasteiger partial charge >= 0.3 is 0 Å². The summed E-state index contributed by atoms with van der Waals surface area (Å²) in [4.78, 5) is 12.2. The van der Waals surface area contributed by atoms with Crippen molar-refractivity contribution < 1.29 is 18.3 Å². The maximum absolute atomic E-state index is 13.8. The van der Waals surface area contributed by atoms with Gasteiger partial charge in [0.05, 0.1) is 29.8 Å². The summed E-state index contributed by atoms with van der Waals surface area (Å²) in [6, 6.07) is 28.9. The molecular weight excluding hydrogens is 498 g/mol. The summed E-state index contributed by atoms with van der Waals surface area (Å²) < 4.78 is 30.9. The number of aryl methyl sites for hydroxylation is 1. The topological polar surface area (TPSA) is 91.6 Å². The highest BCUT2D eigenvalue weighted by molar-refractivity contribution is 7.92. The van der Waals surface area contributed by atoms with Crippen LogP contribution in [0.4, 0.5) is 5.69 Å². The smallest absolute Gasteiger partial charge is 0.264 e. The number of anilines is 1. The number of nitrogens with zero attached hydrogens (tertiary/aromatic N) is 2. The van der Waals surface area contributed by atoms with Crippen LogP contribution in [0, 0.1) is 6.92 Å². The van der Waals surface area contributed by atoms with Crippen molar-refractivity contribution in [2.24, 2.45) is 0 Å². The summed E-state index contributed by atoms with van der Waals surface area (Å²) in [5, 5.41) is 16.0. The van der Waals surface area contributed by atoms with Crippen molar-refractivity contribution in [2.75, 3.05) is 17.9 Å². The maximum Gasteiger partial charge on any atom is 0.264 e. The minimum Gasteiger partial charge on any atom is -0.389 e. The molecule has 4 aromatic carbocycles. The van der Waals surface area contributed by atoms with Crippen LogP contribution >= 0.6 is 0 Å². The number of hydrogen-bond donors (Lipinski definition) is 2. The quantitative estimate of drug-likeness (QED) is 0.306. The Kier molecular flexibility index (Phi) is 6.93. The molecule has 5 aromatic rings. The molecule has 194 valence electrons. The highest BCUT2D eigenvalue weighted by Crippen LogP contribution is 2.30. The Hall–Kier alpha value is -4.14. The molecule has 38 heavy (non-hydrogen) atoms. The van der Waals surface area contributed by atoms with E-state index in [1.165, 1.54) is 11.4 Å². The van der Waals surface area contributed by atoms with E-state index in [2.05, 4.69) is 5.32 Å². The van der Waals surface area contributed by atoms with Crippen molar-refractivity contribution in [2.45, 2.75) is 24.5 Å². The van der Waals surface area contributed by atoms with E-state index in [-0.39, 0.29) is 23.9 Å². The zero-order valence-corrected chi connectivity index (χ0v) is 22.0. The predicted molar refractivity (Wildman–Crippen MR) is 151 cm³/mol. The second kappa shape index (κ2) is 10.3. The number of carbonyl (C=O) groups excluding carboxylic acids is 1. The van der Waals surface area contributed by atoms with Gasteiger partial charge < -0.3 is 15.0 Å². The number of nitrogens with one attached hydrogen (secondary N) is 1. The summed E-state index contributed by atoms with van der Waals surface area (Å²) in [6.07, 6.45) is -1.02. The van der Waals surface area contributed by atoms with E-state index < -0.39 is 16.1 Å². The van der Waals surface area contributed by atoms with Gasteiger partial charge in [-0.05, 0) is 55.5 Å². The van der Waals surface area contributed by atoms with Crippen molar-refractivity contribution in [1.29, 1.82) is 0 Å². The van der Waals surface area contributed by atoms with E-state index >= 15 is 0 Å². The average Bonchev–Trinajstić information content (AvgIpc) is 3.25. The Morgan fingerprint density at radius 3 is 1.97 bits per heavy atom. The number of para-hydroxylation sites is 2. The molecule has 0 aliphatic carbocycles. The largest absolute Gasteiger partial charge is 0.389 e. The predicted octanol–water partition coefficient (Wildman–Crippen LogP) is 4.72. The lowest BCUT2D eigenvalue weighted by molar-refractivity contribution is 0.0963. The van der Waals surface area contributed by atoms with Crippen LogP contribution in [0.5, 0.6) is 0 Å². The van der Waals surface area contributed by atoms with E-state index in [0.29, 0.717) is 11.3 Å². The summed E-state index contributed by atoms with van der Waals surface area (Å²) in [5.41, 5.74) is 3.65. The fourth-order valence-corrected chi connectivity index (χ4v) is 6.27. The van der Waals surface area contributed by atoms with Gasteiger partial charge in [0.25, 0.3) is 15.9 Å². The SMILES string of the molecule is CNC(=O)c1ccc(N(CC(O)Cn2c3ccccc3c3ccccc32)S(=O)(=O)c2ccc(C)cc2)cc1. The van der Waals surface area contributed by atoms with E-state index in [0.717, 1.165) is 27.4 Å². The number of aliphatic hydroxyl groups excluding tert-OH is 1. The number of amides is 1. The molecule has 0 spiro atoms. The Morgan fingerprint density at radius 2 is 1.42 bits per heavy atom. The maximum atomic E-state index is 13.8. The minimum absolute atomic E-state index is 0.127. The van der Waals surface area contributed by atoms with Crippen molar-refractivity contribution in [3.8, 4) is 0 Å². The molecule has 8 heteroatoms. The minimum atomic E-state index is -4.00. The van der Waals surface area contributed by atoms with Gasteiger partial charge in [-0.25, -0.2) is 8.42 Å². The van der Waals surface area contributed by atoms with Crippen LogP contribution in [0.1, 0.15) is 15.9 Å². The molecule has 0 fully saturated rings. The molecule has 0 bridgehead atoms. The van der Waals surface area contributed by atoms with Gasteiger partial charge in [0, 0.05) is 34.4 Å². The lowest BCUT2D eigenvalue weighted by Crippen LogP contribution is -2.39. The Balaban J connectivity index is 1.52. The van der Waals surface area contributed by atoms with E-state index in [1.54, 1.807) is 48.5 Å². The third-order valence-electron chi connectivity index (χ3n) is 6.70.